The average molecular weight is 412 g/mol. The van der Waals surface area contributed by atoms with Gasteiger partial charge < -0.3 is 9.73 Å². The Morgan fingerprint density at radius 1 is 1.19 bits per heavy atom. The van der Waals surface area contributed by atoms with Gasteiger partial charge >= 0.3 is 0 Å². The monoisotopic (exact) mass is 411 g/mol. The van der Waals surface area contributed by atoms with Crippen molar-refractivity contribution in [3.05, 3.63) is 62.4 Å². The first kappa shape index (κ1) is 14.7. The van der Waals surface area contributed by atoms with E-state index in [0.29, 0.717) is 0 Å². The van der Waals surface area contributed by atoms with Crippen LogP contribution >= 0.6 is 34.2 Å². The van der Waals surface area contributed by atoms with E-state index in [-0.39, 0.29) is 6.04 Å². The fourth-order valence-electron chi connectivity index (χ4n) is 2.51. The second-order valence-electron chi connectivity index (χ2n) is 5.08. The summed E-state index contributed by atoms with van der Waals surface area (Å²) in [5.74, 6) is 0.974. The van der Waals surface area contributed by atoms with Crippen molar-refractivity contribution in [1.82, 2.24) is 0 Å². The van der Waals surface area contributed by atoms with E-state index in [1.54, 1.807) is 0 Å². The molecule has 0 aliphatic carbocycles. The lowest BCUT2D eigenvalue weighted by Crippen LogP contribution is -2.07. The van der Waals surface area contributed by atoms with Crippen LogP contribution in [0.15, 0.2) is 46.9 Å². The molecule has 1 N–H and O–H groups in total. The van der Waals surface area contributed by atoms with Gasteiger partial charge in [0.15, 0.2) is 0 Å². The lowest BCUT2D eigenvalue weighted by Gasteiger charge is -2.15. The predicted molar refractivity (Wildman–Crippen MR) is 97.2 cm³/mol. The summed E-state index contributed by atoms with van der Waals surface area (Å²) in [6.07, 6.45) is 0. The number of furan rings is 1. The Morgan fingerprint density at radius 3 is 2.67 bits per heavy atom. The van der Waals surface area contributed by atoms with Crippen LogP contribution in [0.5, 0.6) is 0 Å². The summed E-state index contributed by atoms with van der Waals surface area (Å²) in [4.78, 5) is 0. The van der Waals surface area contributed by atoms with E-state index in [0.717, 1.165) is 25.6 Å². The third-order valence-electron chi connectivity index (χ3n) is 3.58. The number of hydrogen-bond donors (Lipinski definition) is 1. The zero-order valence-corrected chi connectivity index (χ0v) is 14.7. The number of benzene rings is 2. The van der Waals surface area contributed by atoms with Gasteiger partial charge in [-0.05, 0) is 60.7 Å². The number of halogens is 2. The van der Waals surface area contributed by atoms with Gasteiger partial charge in [-0.3, -0.25) is 0 Å². The van der Waals surface area contributed by atoms with E-state index in [2.05, 4.69) is 47.8 Å². The minimum atomic E-state index is 0.0899. The number of hydrogen-bond acceptors (Lipinski definition) is 2. The summed E-state index contributed by atoms with van der Waals surface area (Å²) in [6.45, 7) is 4.21. The van der Waals surface area contributed by atoms with Crippen molar-refractivity contribution >= 4 is 50.8 Å². The van der Waals surface area contributed by atoms with Gasteiger partial charge in [0.05, 0.1) is 6.04 Å². The number of para-hydroxylation sites is 1. The van der Waals surface area contributed by atoms with Crippen LogP contribution < -0.4 is 5.32 Å². The van der Waals surface area contributed by atoms with Gasteiger partial charge in [-0.15, -0.1) is 0 Å². The van der Waals surface area contributed by atoms with Gasteiger partial charge in [0.1, 0.15) is 11.3 Å². The van der Waals surface area contributed by atoms with Crippen LogP contribution in [0.25, 0.3) is 11.0 Å². The second kappa shape index (κ2) is 5.89. The number of aryl methyl sites for hydroxylation is 1. The van der Waals surface area contributed by atoms with E-state index >= 15 is 0 Å². The molecule has 0 aliphatic rings. The molecule has 21 heavy (non-hydrogen) atoms. The molecule has 4 heteroatoms. The highest BCUT2D eigenvalue weighted by molar-refractivity contribution is 14.1. The summed E-state index contributed by atoms with van der Waals surface area (Å²) in [7, 11) is 0. The zero-order chi connectivity index (χ0) is 15.0. The molecule has 108 valence electrons. The molecule has 2 aromatic carbocycles. The first-order valence-electron chi connectivity index (χ1n) is 6.76. The summed E-state index contributed by atoms with van der Waals surface area (Å²) in [5.41, 5.74) is 3.19. The molecular weight excluding hydrogens is 397 g/mol. The van der Waals surface area contributed by atoms with Crippen molar-refractivity contribution < 1.29 is 4.42 Å². The molecule has 0 fully saturated rings. The van der Waals surface area contributed by atoms with Crippen LogP contribution in [-0.4, -0.2) is 0 Å². The normalized spacial score (nSPS) is 12.6. The highest BCUT2D eigenvalue weighted by Gasteiger charge is 2.17. The predicted octanol–water partition coefficient (Wildman–Crippen LogP) is 6.17. The number of anilines is 1. The maximum atomic E-state index is 6.01. The van der Waals surface area contributed by atoms with E-state index in [1.807, 2.05) is 36.4 Å². The fourth-order valence-corrected chi connectivity index (χ4v) is 3.54. The molecule has 1 unspecified atom stereocenters. The molecule has 0 spiro atoms. The molecule has 0 amide bonds. The molecule has 0 bridgehead atoms. The molecule has 1 atom stereocenters. The van der Waals surface area contributed by atoms with Crippen LogP contribution in [0.4, 0.5) is 5.69 Å². The van der Waals surface area contributed by atoms with E-state index in [9.17, 15) is 0 Å². The fraction of sp³-hybridized carbons (Fsp3) is 0.176. The third kappa shape index (κ3) is 2.90. The molecule has 1 heterocycles. The Hall–Kier alpha value is -1.20. The van der Waals surface area contributed by atoms with Crippen molar-refractivity contribution in [2.45, 2.75) is 19.9 Å². The first-order valence-corrected chi connectivity index (χ1v) is 8.21. The van der Waals surface area contributed by atoms with Gasteiger partial charge in [-0.2, -0.15) is 0 Å². The maximum absolute atomic E-state index is 6.01. The lowest BCUT2D eigenvalue weighted by molar-refractivity contribution is 0.522. The minimum Gasteiger partial charge on any atom is -0.459 e. The molecule has 3 aromatic rings. The smallest absolute Gasteiger partial charge is 0.134 e. The second-order valence-corrected chi connectivity index (χ2v) is 6.68. The largest absolute Gasteiger partial charge is 0.459 e. The van der Waals surface area contributed by atoms with Crippen molar-refractivity contribution in [3.8, 4) is 0 Å². The van der Waals surface area contributed by atoms with E-state index in [1.165, 1.54) is 10.9 Å². The topological polar surface area (TPSA) is 25.2 Å². The van der Waals surface area contributed by atoms with Gasteiger partial charge in [0.2, 0.25) is 0 Å². The van der Waals surface area contributed by atoms with Gasteiger partial charge in [-0.25, -0.2) is 0 Å². The Balaban J connectivity index is 1.93. The summed E-state index contributed by atoms with van der Waals surface area (Å²) in [6, 6.07) is 14.1. The van der Waals surface area contributed by atoms with Crippen LogP contribution in [0.1, 0.15) is 24.3 Å². The molecule has 3 rings (SSSR count). The molecule has 0 saturated heterocycles. The highest BCUT2D eigenvalue weighted by Crippen LogP contribution is 2.32. The van der Waals surface area contributed by atoms with Crippen molar-refractivity contribution in [2.75, 3.05) is 5.32 Å². The summed E-state index contributed by atoms with van der Waals surface area (Å²) < 4.78 is 7.10. The minimum absolute atomic E-state index is 0.0899. The van der Waals surface area contributed by atoms with Gasteiger partial charge in [0.25, 0.3) is 0 Å². The molecule has 0 radical (unpaired) electrons. The Morgan fingerprint density at radius 2 is 1.95 bits per heavy atom. The SMILES string of the molecule is Cc1c(C(C)Nc2ccc(Cl)cc2I)oc2ccccc12. The van der Waals surface area contributed by atoms with Crippen LogP contribution in [-0.2, 0) is 0 Å². The molecule has 0 saturated carbocycles. The van der Waals surface area contributed by atoms with Crippen LogP contribution in [0.3, 0.4) is 0 Å². The summed E-state index contributed by atoms with van der Waals surface area (Å²) >= 11 is 8.28. The number of fused-ring (bicyclic) bond motifs is 1. The quantitative estimate of drug-likeness (QED) is 0.521. The number of rotatable bonds is 3. The van der Waals surface area contributed by atoms with Crippen molar-refractivity contribution in [2.24, 2.45) is 0 Å². The average Bonchev–Trinajstić information content (AvgIpc) is 2.80. The lowest BCUT2D eigenvalue weighted by atomic mass is 10.1. The standard InChI is InChI=1S/C17H15ClINO/c1-10-13-5-3-4-6-16(13)21-17(10)11(2)20-15-8-7-12(18)9-14(15)19/h3-9,11,20H,1-2H3. The van der Waals surface area contributed by atoms with Gasteiger partial charge in [0, 0.05) is 25.2 Å². The Kier molecular flexibility index (Phi) is 4.13. The van der Waals surface area contributed by atoms with Crippen molar-refractivity contribution in [3.63, 3.8) is 0 Å². The van der Waals surface area contributed by atoms with E-state index in [4.69, 9.17) is 16.0 Å². The zero-order valence-electron chi connectivity index (χ0n) is 11.8. The molecule has 0 aliphatic heterocycles. The van der Waals surface area contributed by atoms with Gasteiger partial charge in [-0.1, -0.05) is 29.8 Å². The highest BCUT2D eigenvalue weighted by atomic mass is 127. The first-order chi connectivity index (χ1) is 10.1. The Bertz CT molecular complexity index is 797. The van der Waals surface area contributed by atoms with Crippen LogP contribution in [0, 0.1) is 10.5 Å². The molecular formula is C17H15ClINO. The molecule has 1 aromatic heterocycles. The van der Waals surface area contributed by atoms with Crippen molar-refractivity contribution in [1.29, 1.82) is 0 Å². The molecule has 2 nitrogen and oxygen atoms in total. The summed E-state index contributed by atoms with van der Waals surface area (Å²) in [5, 5.41) is 5.42. The van der Waals surface area contributed by atoms with E-state index < -0.39 is 0 Å². The maximum Gasteiger partial charge on any atom is 0.134 e. The Labute approximate surface area is 142 Å². The van der Waals surface area contributed by atoms with Crippen LogP contribution in [0.2, 0.25) is 5.02 Å². The number of nitrogens with one attached hydrogen (secondary N) is 1. The third-order valence-corrected chi connectivity index (χ3v) is 4.70.